The van der Waals surface area contributed by atoms with Crippen molar-refractivity contribution in [2.75, 3.05) is 7.11 Å². The molecule has 100 valence electrons. The molecular formula is C12H10N6O2. The number of hydrogen-bond acceptors (Lipinski definition) is 6. The summed E-state index contributed by atoms with van der Waals surface area (Å²) in [4.78, 5) is 11.8. The van der Waals surface area contributed by atoms with Gasteiger partial charge in [0.1, 0.15) is 25.3 Å². The Morgan fingerprint density at radius 2 is 1.35 bits per heavy atom. The number of hydrogen-bond donors (Lipinski definition) is 0. The van der Waals surface area contributed by atoms with Gasteiger partial charge in [-0.25, -0.2) is 4.79 Å². The molecule has 0 atom stereocenters. The molecule has 0 amide bonds. The summed E-state index contributed by atoms with van der Waals surface area (Å²) in [6, 6.07) is 5.26. The quantitative estimate of drug-likeness (QED) is 0.649. The van der Waals surface area contributed by atoms with E-state index in [1.165, 1.54) is 7.11 Å². The SMILES string of the molecule is COC(=O)c1cc(-n2cnnc2)cc(-n2cnnc2)c1. The fourth-order valence-corrected chi connectivity index (χ4v) is 1.80. The van der Waals surface area contributed by atoms with E-state index in [2.05, 4.69) is 20.4 Å². The Bertz CT molecular complexity index is 668. The topological polar surface area (TPSA) is 87.7 Å². The van der Waals surface area contributed by atoms with Crippen molar-refractivity contribution in [2.24, 2.45) is 0 Å². The molecule has 0 bridgehead atoms. The Morgan fingerprint density at radius 3 is 1.75 bits per heavy atom. The van der Waals surface area contributed by atoms with Crippen molar-refractivity contribution in [3.63, 3.8) is 0 Å². The second kappa shape index (κ2) is 4.92. The van der Waals surface area contributed by atoms with Crippen molar-refractivity contribution in [1.29, 1.82) is 0 Å². The normalized spacial score (nSPS) is 10.4. The van der Waals surface area contributed by atoms with Crippen LogP contribution < -0.4 is 0 Å². The Morgan fingerprint density at radius 1 is 0.900 bits per heavy atom. The molecule has 0 spiro atoms. The number of aromatic nitrogens is 6. The number of rotatable bonds is 3. The van der Waals surface area contributed by atoms with Crippen LogP contribution in [0.25, 0.3) is 11.4 Å². The predicted molar refractivity (Wildman–Crippen MR) is 67.6 cm³/mol. The third-order valence-corrected chi connectivity index (χ3v) is 2.76. The number of carbonyl (C=O) groups excluding carboxylic acids is 1. The first-order chi connectivity index (χ1) is 9.78. The average Bonchev–Trinajstić information content (AvgIpc) is 3.18. The van der Waals surface area contributed by atoms with Crippen LogP contribution >= 0.6 is 0 Å². The van der Waals surface area contributed by atoms with Crippen molar-refractivity contribution in [2.45, 2.75) is 0 Å². The van der Waals surface area contributed by atoms with Gasteiger partial charge in [-0.15, -0.1) is 20.4 Å². The lowest BCUT2D eigenvalue weighted by molar-refractivity contribution is 0.0600. The number of ether oxygens (including phenoxy) is 1. The molecule has 1 aromatic carbocycles. The lowest BCUT2D eigenvalue weighted by atomic mass is 10.1. The zero-order valence-electron chi connectivity index (χ0n) is 10.5. The van der Waals surface area contributed by atoms with Crippen LogP contribution in [-0.2, 0) is 4.74 Å². The van der Waals surface area contributed by atoms with Crippen LogP contribution in [0.15, 0.2) is 43.5 Å². The number of carbonyl (C=O) groups is 1. The van der Waals surface area contributed by atoms with Crippen molar-refractivity contribution >= 4 is 5.97 Å². The van der Waals surface area contributed by atoms with Crippen LogP contribution in [0, 0.1) is 0 Å². The zero-order chi connectivity index (χ0) is 13.9. The van der Waals surface area contributed by atoms with E-state index in [9.17, 15) is 4.79 Å². The van der Waals surface area contributed by atoms with Gasteiger partial charge >= 0.3 is 5.97 Å². The summed E-state index contributed by atoms with van der Waals surface area (Å²) in [6.45, 7) is 0. The maximum absolute atomic E-state index is 11.8. The first-order valence-electron chi connectivity index (χ1n) is 5.71. The Balaban J connectivity index is 2.15. The van der Waals surface area contributed by atoms with Gasteiger partial charge in [-0.05, 0) is 18.2 Å². The number of esters is 1. The van der Waals surface area contributed by atoms with E-state index in [1.807, 2.05) is 6.07 Å². The largest absolute Gasteiger partial charge is 0.465 e. The van der Waals surface area contributed by atoms with E-state index in [0.29, 0.717) is 5.56 Å². The first-order valence-corrected chi connectivity index (χ1v) is 5.71. The number of benzene rings is 1. The maximum Gasteiger partial charge on any atom is 0.337 e. The average molecular weight is 270 g/mol. The van der Waals surface area contributed by atoms with Gasteiger partial charge < -0.3 is 4.74 Å². The zero-order valence-corrected chi connectivity index (χ0v) is 10.5. The highest BCUT2D eigenvalue weighted by Crippen LogP contribution is 2.17. The molecule has 0 fully saturated rings. The minimum atomic E-state index is -0.422. The molecule has 20 heavy (non-hydrogen) atoms. The Labute approximate surface area is 113 Å². The van der Waals surface area contributed by atoms with Crippen molar-refractivity contribution in [3.8, 4) is 11.4 Å². The molecule has 2 aromatic heterocycles. The second-order valence-corrected chi connectivity index (χ2v) is 3.97. The van der Waals surface area contributed by atoms with Gasteiger partial charge in [-0.3, -0.25) is 9.13 Å². The van der Waals surface area contributed by atoms with E-state index in [0.717, 1.165) is 11.4 Å². The van der Waals surface area contributed by atoms with Gasteiger partial charge in [0, 0.05) is 0 Å². The molecule has 0 unspecified atom stereocenters. The van der Waals surface area contributed by atoms with E-state index in [-0.39, 0.29) is 0 Å². The molecule has 2 heterocycles. The first kappa shape index (κ1) is 12.0. The summed E-state index contributed by atoms with van der Waals surface area (Å²) in [5.41, 5.74) is 1.89. The van der Waals surface area contributed by atoms with Crippen LogP contribution in [0.3, 0.4) is 0 Å². The summed E-state index contributed by atoms with van der Waals surface area (Å²) in [7, 11) is 1.34. The summed E-state index contributed by atoms with van der Waals surface area (Å²) in [6.07, 6.45) is 6.19. The monoisotopic (exact) mass is 270 g/mol. The van der Waals surface area contributed by atoms with Crippen molar-refractivity contribution < 1.29 is 9.53 Å². The van der Waals surface area contributed by atoms with Gasteiger partial charge in [0.25, 0.3) is 0 Å². The summed E-state index contributed by atoms with van der Waals surface area (Å²) < 4.78 is 8.15. The van der Waals surface area contributed by atoms with E-state index in [4.69, 9.17) is 4.74 Å². The van der Waals surface area contributed by atoms with Crippen LogP contribution in [-0.4, -0.2) is 42.6 Å². The molecule has 0 saturated heterocycles. The van der Waals surface area contributed by atoms with Crippen molar-refractivity contribution in [3.05, 3.63) is 49.1 Å². The molecule has 0 aliphatic rings. The summed E-state index contributed by atoms with van der Waals surface area (Å²) >= 11 is 0. The fraction of sp³-hybridized carbons (Fsp3) is 0.0833. The molecule has 0 saturated carbocycles. The van der Waals surface area contributed by atoms with Gasteiger partial charge in [0.05, 0.1) is 24.0 Å². The second-order valence-electron chi connectivity index (χ2n) is 3.97. The third-order valence-electron chi connectivity index (χ3n) is 2.76. The summed E-state index contributed by atoms with van der Waals surface area (Å²) in [5.74, 6) is -0.422. The van der Waals surface area contributed by atoms with Gasteiger partial charge in [-0.2, -0.15) is 0 Å². The standard InChI is InChI=1S/C12H10N6O2/c1-20-12(19)9-2-10(17-5-13-14-6-17)4-11(3-9)18-7-15-16-8-18/h2-8H,1H3. The maximum atomic E-state index is 11.8. The minimum absolute atomic E-state index is 0.419. The van der Waals surface area contributed by atoms with Crippen LogP contribution in [0.2, 0.25) is 0 Å². The Kier molecular flexibility index (Phi) is 2.96. The van der Waals surface area contributed by atoms with Crippen LogP contribution in [0.4, 0.5) is 0 Å². The van der Waals surface area contributed by atoms with E-state index < -0.39 is 5.97 Å². The molecule has 0 radical (unpaired) electrons. The molecule has 8 heteroatoms. The molecule has 8 nitrogen and oxygen atoms in total. The van der Waals surface area contributed by atoms with Gasteiger partial charge in [0.15, 0.2) is 0 Å². The molecule has 0 N–H and O–H groups in total. The minimum Gasteiger partial charge on any atom is -0.465 e. The lowest BCUT2D eigenvalue weighted by Gasteiger charge is -2.09. The lowest BCUT2D eigenvalue weighted by Crippen LogP contribution is -2.05. The number of nitrogens with zero attached hydrogens (tertiary/aromatic N) is 6. The highest BCUT2D eigenvalue weighted by Gasteiger charge is 2.11. The molecule has 3 aromatic rings. The highest BCUT2D eigenvalue weighted by atomic mass is 16.5. The van der Waals surface area contributed by atoms with Gasteiger partial charge in [-0.1, -0.05) is 0 Å². The van der Waals surface area contributed by atoms with Crippen LogP contribution in [0.1, 0.15) is 10.4 Å². The molecule has 3 rings (SSSR count). The molecule has 0 aliphatic heterocycles. The third kappa shape index (κ3) is 2.14. The van der Waals surface area contributed by atoms with E-state index in [1.54, 1.807) is 46.6 Å². The molecular weight excluding hydrogens is 260 g/mol. The van der Waals surface area contributed by atoms with Gasteiger partial charge in [0.2, 0.25) is 0 Å². The smallest absolute Gasteiger partial charge is 0.337 e. The summed E-state index contributed by atoms with van der Waals surface area (Å²) in [5, 5.41) is 15.0. The number of methoxy groups -OCH3 is 1. The highest BCUT2D eigenvalue weighted by molar-refractivity contribution is 5.90. The van der Waals surface area contributed by atoms with Crippen molar-refractivity contribution in [1.82, 2.24) is 29.5 Å². The Hall–Kier alpha value is -3.03. The predicted octanol–water partition coefficient (Wildman–Crippen LogP) is 0.635. The van der Waals surface area contributed by atoms with E-state index >= 15 is 0 Å². The molecule has 0 aliphatic carbocycles. The fourth-order valence-electron chi connectivity index (χ4n) is 1.80. The van der Waals surface area contributed by atoms with Crippen LogP contribution in [0.5, 0.6) is 0 Å².